The van der Waals surface area contributed by atoms with Gasteiger partial charge in [-0.3, -0.25) is 14.2 Å². The summed E-state index contributed by atoms with van der Waals surface area (Å²) in [5, 5.41) is 4.35. The smallest absolute Gasteiger partial charge is 0.262 e. The number of rotatable bonds is 9. The molecule has 0 saturated carbocycles. The van der Waals surface area contributed by atoms with Gasteiger partial charge in [-0.15, -0.1) is 24.9 Å². The van der Waals surface area contributed by atoms with Gasteiger partial charge in [-0.2, -0.15) is 0 Å². The Hall–Kier alpha value is -2.48. The number of aromatic nitrogens is 2. The monoisotopic (exact) mass is 457 g/mol. The number of allylic oxidation sites excluding steroid dienone is 1. The van der Waals surface area contributed by atoms with Crippen molar-refractivity contribution in [3.05, 3.63) is 83.2 Å². The zero-order valence-electron chi connectivity index (χ0n) is 16.1. The number of hydrogen-bond donors (Lipinski definition) is 1. The second kappa shape index (κ2) is 10.5. The van der Waals surface area contributed by atoms with Crippen LogP contribution in [0.1, 0.15) is 0 Å². The number of benzene rings is 2. The number of halogens is 1. The van der Waals surface area contributed by atoms with Crippen LogP contribution in [0.15, 0.2) is 82.6 Å². The second-order valence-corrected chi connectivity index (χ2v) is 8.63. The number of anilines is 1. The number of nitrogens with zero attached hydrogens (tertiary/aromatic N) is 2. The highest BCUT2D eigenvalue weighted by atomic mass is 35.5. The molecule has 0 atom stereocenters. The van der Waals surface area contributed by atoms with Crippen molar-refractivity contribution in [3.8, 4) is 0 Å². The van der Waals surface area contributed by atoms with Gasteiger partial charge in [-0.05, 0) is 30.3 Å². The van der Waals surface area contributed by atoms with Crippen molar-refractivity contribution in [2.45, 2.75) is 16.6 Å². The van der Waals surface area contributed by atoms with Crippen molar-refractivity contribution in [1.82, 2.24) is 9.55 Å². The Kier molecular flexibility index (Phi) is 7.79. The van der Waals surface area contributed by atoms with Crippen LogP contribution in [-0.2, 0) is 11.3 Å². The maximum atomic E-state index is 12.8. The highest BCUT2D eigenvalue weighted by Gasteiger charge is 2.14. The summed E-state index contributed by atoms with van der Waals surface area (Å²) in [5.41, 5.74) is 1.06. The van der Waals surface area contributed by atoms with Gasteiger partial charge in [0.05, 0.1) is 22.3 Å². The van der Waals surface area contributed by atoms with E-state index in [2.05, 4.69) is 23.5 Å². The lowest BCUT2D eigenvalue weighted by Crippen LogP contribution is -2.23. The maximum Gasteiger partial charge on any atom is 0.262 e. The Bertz CT molecular complexity index is 1160. The molecular weight excluding hydrogens is 438 g/mol. The number of fused-ring (bicyclic) bond motifs is 1. The highest BCUT2D eigenvalue weighted by Crippen LogP contribution is 2.27. The molecule has 0 aliphatic heterocycles. The van der Waals surface area contributed by atoms with Crippen molar-refractivity contribution in [1.29, 1.82) is 0 Å². The number of amides is 1. The minimum Gasteiger partial charge on any atom is -0.324 e. The van der Waals surface area contributed by atoms with Crippen molar-refractivity contribution >= 4 is 57.6 Å². The second-order valence-electron chi connectivity index (χ2n) is 6.19. The first kappa shape index (κ1) is 22.2. The van der Waals surface area contributed by atoms with Gasteiger partial charge in [-0.1, -0.05) is 47.6 Å². The summed E-state index contributed by atoms with van der Waals surface area (Å²) >= 11 is 8.84. The number of nitrogens with one attached hydrogen (secondary N) is 1. The normalized spacial score (nSPS) is 10.7. The molecule has 0 aliphatic rings. The third kappa shape index (κ3) is 5.36. The van der Waals surface area contributed by atoms with E-state index in [0.29, 0.717) is 27.6 Å². The lowest BCUT2D eigenvalue weighted by Gasteiger charge is -2.12. The Morgan fingerprint density at radius 3 is 2.73 bits per heavy atom. The Morgan fingerprint density at radius 1 is 1.17 bits per heavy atom. The zero-order chi connectivity index (χ0) is 21.5. The number of thioether (sulfide) groups is 2. The first-order chi connectivity index (χ1) is 14.5. The quantitative estimate of drug-likeness (QED) is 0.270. The average Bonchev–Trinajstić information content (AvgIpc) is 2.73. The minimum atomic E-state index is -0.189. The molecule has 0 fully saturated rings. The van der Waals surface area contributed by atoms with Crippen LogP contribution >= 0.6 is 35.1 Å². The molecule has 2 aromatic carbocycles. The molecule has 0 radical (unpaired) electrons. The summed E-state index contributed by atoms with van der Waals surface area (Å²) in [6, 6.07) is 12.6. The van der Waals surface area contributed by atoms with E-state index in [1.807, 2.05) is 30.3 Å². The summed E-state index contributed by atoms with van der Waals surface area (Å²) in [5.74, 6) is 0.673. The van der Waals surface area contributed by atoms with Crippen LogP contribution < -0.4 is 10.9 Å². The van der Waals surface area contributed by atoms with Gasteiger partial charge in [0.15, 0.2) is 5.16 Å². The molecule has 0 aliphatic carbocycles. The first-order valence-corrected chi connectivity index (χ1v) is 11.4. The van der Waals surface area contributed by atoms with Crippen LogP contribution in [-0.4, -0.2) is 27.0 Å². The number of para-hydroxylation sites is 1. The Balaban J connectivity index is 1.80. The van der Waals surface area contributed by atoms with Crippen molar-refractivity contribution < 1.29 is 4.79 Å². The molecule has 1 aromatic heterocycles. The Labute approximate surface area is 188 Å². The van der Waals surface area contributed by atoms with E-state index >= 15 is 0 Å². The largest absolute Gasteiger partial charge is 0.324 e. The summed E-state index contributed by atoms with van der Waals surface area (Å²) in [6.07, 6.45) is 3.44. The van der Waals surface area contributed by atoms with Gasteiger partial charge in [0.25, 0.3) is 5.56 Å². The molecule has 0 bridgehead atoms. The maximum absolute atomic E-state index is 12.8. The SMILES string of the molecule is C=CCSc1ccccc1NC(=O)CSc1nc2cc(Cl)ccc2c(=O)n1CC=C. The number of hydrogen-bond acceptors (Lipinski definition) is 5. The predicted molar refractivity (Wildman–Crippen MR) is 128 cm³/mol. The Morgan fingerprint density at radius 2 is 1.97 bits per heavy atom. The summed E-state index contributed by atoms with van der Waals surface area (Å²) in [7, 11) is 0. The molecule has 154 valence electrons. The van der Waals surface area contributed by atoms with E-state index in [0.717, 1.165) is 16.3 Å². The van der Waals surface area contributed by atoms with Crippen molar-refractivity contribution in [3.63, 3.8) is 0 Å². The van der Waals surface area contributed by atoms with Crippen LogP contribution in [0.5, 0.6) is 0 Å². The molecule has 3 rings (SSSR count). The zero-order valence-corrected chi connectivity index (χ0v) is 18.5. The van der Waals surface area contributed by atoms with Crippen LogP contribution in [0.25, 0.3) is 10.9 Å². The summed E-state index contributed by atoms with van der Waals surface area (Å²) < 4.78 is 1.51. The van der Waals surface area contributed by atoms with Crippen molar-refractivity contribution in [2.75, 3.05) is 16.8 Å². The summed E-state index contributed by atoms with van der Waals surface area (Å²) in [6.45, 7) is 7.74. The summed E-state index contributed by atoms with van der Waals surface area (Å²) in [4.78, 5) is 30.9. The van der Waals surface area contributed by atoms with Crippen LogP contribution in [0, 0.1) is 0 Å². The average molecular weight is 458 g/mol. The molecule has 3 aromatic rings. The van der Waals surface area contributed by atoms with Gasteiger partial charge in [0.1, 0.15) is 0 Å². The standard InChI is InChI=1S/C22H20ClN3O2S2/c1-3-11-26-21(28)16-10-9-15(23)13-18(16)25-22(26)30-14-20(27)24-17-7-5-6-8-19(17)29-12-4-2/h3-10,13H,1-2,11-12,14H2,(H,24,27). The molecule has 1 amide bonds. The van der Waals surface area contributed by atoms with Gasteiger partial charge < -0.3 is 5.32 Å². The van der Waals surface area contributed by atoms with Crippen LogP contribution in [0.4, 0.5) is 5.69 Å². The third-order valence-corrected chi connectivity index (χ3v) is 6.33. The first-order valence-electron chi connectivity index (χ1n) is 9.10. The van der Waals surface area contributed by atoms with Gasteiger partial charge >= 0.3 is 0 Å². The van der Waals surface area contributed by atoms with Gasteiger partial charge in [0.2, 0.25) is 5.91 Å². The molecule has 0 saturated heterocycles. The van der Waals surface area contributed by atoms with E-state index in [4.69, 9.17) is 11.6 Å². The fourth-order valence-corrected chi connectivity index (χ4v) is 4.46. The van der Waals surface area contributed by atoms with Crippen molar-refractivity contribution in [2.24, 2.45) is 0 Å². The molecule has 0 unspecified atom stereocenters. The molecule has 1 heterocycles. The fraction of sp³-hybridized carbons (Fsp3) is 0.136. The molecule has 0 spiro atoms. The molecule has 30 heavy (non-hydrogen) atoms. The molecule has 5 nitrogen and oxygen atoms in total. The van der Waals surface area contributed by atoms with Gasteiger partial charge in [0, 0.05) is 22.2 Å². The van der Waals surface area contributed by atoms with E-state index in [9.17, 15) is 9.59 Å². The highest BCUT2D eigenvalue weighted by molar-refractivity contribution is 8.00. The lowest BCUT2D eigenvalue weighted by atomic mass is 10.2. The van der Waals surface area contributed by atoms with Crippen LogP contribution in [0.2, 0.25) is 5.02 Å². The number of carbonyl (C=O) groups excluding carboxylic acids is 1. The lowest BCUT2D eigenvalue weighted by molar-refractivity contribution is -0.113. The third-order valence-electron chi connectivity index (χ3n) is 4.04. The molecule has 8 heteroatoms. The molecule has 1 N–H and O–H groups in total. The molecular formula is C22H20ClN3O2S2. The topological polar surface area (TPSA) is 64.0 Å². The van der Waals surface area contributed by atoms with E-state index in [1.165, 1.54) is 16.3 Å². The van der Waals surface area contributed by atoms with E-state index in [-0.39, 0.29) is 17.2 Å². The van der Waals surface area contributed by atoms with E-state index < -0.39 is 0 Å². The predicted octanol–water partition coefficient (Wildman–Crippen LogP) is 5.24. The minimum absolute atomic E-state index is 0.107. The van der Waals surface area contributed by atoms with E-state index in [1.54, 1.807) is 36.0 Å². The van der Waals surface area contributed by atoms with Gasteiger partial charge in [-0.25, -0.2) is 4.98 Å². The fourth-order valence-electron chi connectivity index (χ4n) is 2.73. The number of carbonyl (C=O) groups is 1. The van der Waals surface area contributed by atoms with Crippen LogP contribution in [0.3, 0.4) is 0 Å².